The minimum absolute atomic E-state index is 0.268. The van der Waals surface area contributed by atoms with Crippen molar-refractivity contribution in [3.8, 4) is 11.1 Å². The summed E-state index contributed by atoms with van der Waals surface area (Å²) in [7, 11) is 0. The molecule has 2 aromatic carbocycles. The third kappa shape index (κ3) is 3.39. The zero-order chi connectivity index (χ0) is 13.8. The summed E-state index contributed by atoms with van der Waals surface area (Å²) in [6.45, 7) is 0. The van der Waals surface area contributed by atoms with Crippen LogP contribution < -0.4 is 5.73 Å². The fraction of sp³-hybridized carbons (Fsp3) is 0.133. The van der Waals surface area contributed by atoms with Crippen LogP contribution in [0.25, 0.3) is 11.1 Å². The first kappa shape index (κ1) is 13.2. The Hall–Kier alpha value is -2.20. The summed E-state index contributed by atoms with van der Waals surface area (Å²) in [5.74, 6) is -1.31. The van der Waals surface area contributed by atoms with Gasteiger partial charge in [-0.15, -0.1) is 0 Å². The molecule has 3 nitrogen and oxygen atoms in total. The predicted octanol–water partition coefficient (Wildman–Crippen LogP) is 2.45. The molecule has 0 aliphatic rings. The van der Waals surface area contributed by atoms with Crippen molar-refractivity contribution in [3.63, 3.8) is 0 Å². The van der Waals surface area contributed by atoms with Crippen LogP contribution in [0.1, 0.15) is 5.56 Å². The molecule has 0 spiro atoms. The zero-order valence-electron chi connectivity index (χ0n) is 10.2. The summed E-state index contributed by atoms with van der Waals surface area (Å²) >= 11 is 0. The lowest BCUT2D eigenvalue weighted by Crippen LogP contribution is -2.32. The maximum atomic E-state index is 12.9. The van der Waals surface area contributed by atoms with Crippen LogP contribution in [-0.4, -0.2) is 17.1 Å². The molecule has 0 saturated heterocycles. The van der Waals surface area contributed by atoms with Gasteiger partial charge in [0.2, 0.25) is 0 Å². The number of rotatable bonds is 4. The topological polar surface area (TPSA) is 63.3 Å². The van der Waals surface area contributed by atoms with Gasteiger partial charge in [0.1, 0.15) is 11.9 Å². The Morgan fingerprint density at radius 1 is 1.16 bits per heavy atom. The van der Waals surface area contributed by atoms with Crippen LogP contribution in [0.4, 0.5) is 4.39 Å². The maximum absolute atomic E-state index is 12.9. The number of hydrogen-bond donors (Lipinski definition) is 2. The molecule has 0 amide bonds. The second-order valence-electron chi connectivity index (χ2n) is 4.36. The van der Waals surface area contributed by atoms with E-state index >= 15 is 0 Å². The standard InChI is InChI=1S/C15H14FNO2/c16-13-6-4-11(5-7-13)12-3-1-2-10(8-12)9-14(17)15(18)19/h1-8,14H,9,17H2,(H,18,19)/t14-/m0/s1. The maximum Gasteiger partial charge on any atom is 0.320 e. The van der Waals surface area contributed by atoms with Gasteiger partial charge >= 0.3 is 5.97 Å². The summed E-state index contributed by atoms with van der Waals surface area (Å²) < 4.78 is 12.9. The first-order valence-corrected chi connectivity index (χ1v) is 5.89. The van der Waals surface area contributed by atoms with E-state index in [-0.39, 0.29) is 12.2 Å². The van der Waals surface area contributed by atoms with Crippen LogP contribution in [0.3, 0.4) is 0 Å². The number of benzene rings is 2. The van der Waals surface area contributed by atoms with Crippen LogP contribution >= 0.6 is 0 Å². The quantitative estimate of drug-likeness (QED) is 0.886. The van der Waals surface area contributed by atoms with Crippen LogP contribution in [0.15, 0.2) is 48.5 Å². The van der Waals surface area contributed by atoms with E-state index in [1.807, 2.05) is 24.3 Å². The SMILES string of the molecule is N[C@@H](Cc1cccc(-c2ccc(F)cc2)c1)C(=O)O. The second-order valence-corrected chi connectivity index (χ2v) is 4.36. The molecule has 4 heteroatoms. The molecule has 2 rings (SSSR count). The van der Waals surface area contributed by atoms with Crippen molar-refractivity contribution in [1.82, 2.24) is 0 Å². The number of halogens is 1. The fourth-order valence-corrected chi connectivity index (χ4v) is 1.86. The van der Waals surface area contributed by atoms with E-state index in [4.69, 9.17) is 10.8 Å². The Labute approximate surface area is 110 Å². The third-order valence-corrected chi connectivity index (χ3v) is 2.88. The highest BCUT2D eigenvalue weighted by atomic mass is 19.1. The minimum Gasteiger partial charge on any atom is -0.480 e. The van der Waals surface area contributed by atoms with Gasteiger partial charge in [-0.2, -0.15) is 0 Å². The average molecular weight is 259 g/mol. The first-order chi connectivity index (χ1) is 9.06. The van der Waals surface area contributed by atoms with Crippen molar-refractivity contribution in [1.29, 1.82) is 0 Å². The van der Waals surface area contributed by atoms with Crippen molar-refractivity contribution in [3.05, 3.63) is 59.9 Å². The summed E-state index contributed by atoms with van der Waals surface area (Å²) in [6.07, 6.45) is 0.268. The zero-order valence-corrected chi connectivity index (χ0v) is 10.2. The molecule has 2 aromatic rings. The second kappa shape index (κ2) is 5.63. The highest BCUT2D eigenvalue weighted by molar-refractivity contribution is 5.73. The largest absolute Gasteiger partial charge is 0.480 e. The molecule has 0 saturated carbocycles. The van der Waals surface area contributed by atoms with E-state index < -0.39 is 12.0 Å². The first-order valence-electron chi connectivity index (χ1n) is 5.89. The Kier molecular flexibility index (Phi) is 3.92. The van der Waals surface area contributed by atoms with Gasteiger partial charge in [0.05, 0.1) is 0 Å². The van der Waals surface area contributed by atoms with Gasteiger partial charge in [-0.1, -0.05) is 36.4 Å². The van der Waals surface area contributed by atoms with Crippen molar-refractivity contribution in [2.75, 3.05) is 0 Å². The van der Waals surface area contributed by atoms with Gasteiger partial charge in [-0.25, -0.2) is 4.39 Å². The van der Waals surface area contributed by atoms with E-state index in [0.717, 1.165) is 16.7 Å². The van der Waals surface area contributed by atoms with Gasteiger partial charge in [0.15, 0.2) is 0 Å². The molecular formula is C15H14FNO2. The molecule has 0 bridgehead atoms. The molecule has 1 atom stereocenters. The number of carbonyl (C=O) groups is 1. The summed E-state index contributed by atoms with van der Waals surface area (Å²) in [5.41, 5.74) is 8.15. The predicted molar refractivity (Wildman–Crippen MR) is 71.2 cm³/mol. The van der Waals surface area contributed by atoms with E-state index in [0.29, 0.717) is 0 Å². The average Bonchev–Trinajstić information content (AvgIpc) is 2.39. The molecule has 3 N–H and O–H groups in total. The van der Waals surface area contributed by atoms with Gasteiger partial charge in [0.25, 0.3) is 0 Å². The van der Waals surface area contributed by atoms with Crippen molar-refractivity contribution in [2.45, 2.75) is 12.5 Å². The number of carboxylic acid groups (broad SMARTS) is 1. The molecule has 19 heavy (non-hydrogen) atoms. The lowest BCUT2D eigenvalue weighted by molar-refractivity contribution is -0.138. The van der Waals surface area contributed by atoms with E-state index in [1.54, 1.807) is 12.1 Å². The molecular weight excluding hydrogens is 245 g/mol. The number of aliphatic carboxylic acids is 1. The highest BCUT2D eigenvalue weighted by Gasteiger charge is 2.12. The lowest BCUT2D eigenvalue weighted by atomic mass is 10.00. The Morgan fingerprint density at radius 3 is 2.47 bits per heavy atom. The molecule has 0 fully saturated rings. The summed E-state index contributed by atoms with van der Waals surface area (Å²) in [6, 6.07) is 12.7. The molecule has 0 heterocycles. The number of carboxylic acids is 1. The molecule has 0 radical (unpaired) electrons. The highest BCUT2D eigenvalue weighted by Crippen LogP contribution is 2.21. The molecule has 0 aliphatic heterocycles. The molecule has 98 valence electrons. The Balaban J connectivity index is 2.24. The van der Waals surface area contributed by atoms with Gasteiger partial charge in [-0.3, -0.25) is 4.79 Å². The summed E-state index contributed by atoms with van der Waals surface area (Å²) in [4.78, 5) is 10.7. The minimum atomic E-state index is -1.02. The number of hydrogen-bond acceptors (Lipinski definition) is 2. The van der Waals surface area contributed by atoms with Gasteiger partial charge in [0, 0.05) is 0 Å². The smallest absolute Gasteiger partial charge is 0.320 e. The molecule has 0 aliphatic carbocycles. The van der Waals surface area contributed by atoms with E-state index in [1.165, 1.54) is 12.1 Å². The lowest BCUT2D eigenvalue weighted by Gasteiger charge is -2.08. The molecule has 0 aromatic heterocycles. The van der Waals surface area contributed by atoms with E-state index in [9.17, 15) is 9.18 Å². The van der Waals surface area contributed by atoms with Gasteiger partial charge < -0.3 is 10.8 Å². The monoisotopic (exact) mass is 259 g/mol. The van der Waals surface area contributed by atoms with Crippen LogP contribution in [0.2, 0.25) is 0 Å². The fourth-order valence-electron chi connectivity index (χ4n) is 1.86. The molecule has 0 unspecified atom stereocenters. The van der Waals surface area contributed by atoms with Crippen LogP contribution in [-0.2, 0) is 11.2 Å². The summed E-state index contributed by atoms with van der Waals surface area (Å²) in [5, 5.41) is 8.79. The van der Waals surface area contributed by atoms with Gasteiger partial charge in [-0.05, 0) is 35.2 Å². The van der Waals surface area contributed by atoms with Crippen molar-refractivity contribution >= 4 is 5.97 Å². The van der Waals surface area contributed by atoms with Crippen molar-refractivity contribution < 1.29 is 14.3 Å². The van der Waals surface area contributed by atoms with E-state index in [2.05, 4.69) is 0 Å². The Bertz CT molecular complexity index is 581. The Morgan fingerprint density at radius 2 is 1.84 bits per heavy atom. The normalized spacial score (nSPS) is 12.1. The third-order valence-electron chi connectivity index (χ3n) is 2.88. The van der Waals surface area contributed by atoms with Crippen LogP contribution in [0.5, 0.6) is 0 Å². The van der Waals surface area contributed by atoms with Crippen LogP contribution in [0, 0.1) is 5.82 Å². The number of nitrogens with two attached hydrogens (primary N) is 1. The van der Waals surface area contributed by atoms with Crippen molar-refractivity contribution in [2.24, 2.45) is 5.73 Å².